The largest absolute Gasteiger partial charge is 0.339 e. The molecule has 27 heavy (non-hydrogen) atoms. The van der Waals surface area contributed by atoms with Crippen molar-refractivity contribution in [3.05, 3.63) is 77.4 Å². The van der Waals surface area contributed by atoms with Crippen LogP contribution in [-0.2, 0) is 16.6 Å². The molecule has 2 nitrogen and oxygen atoms in total. The molecule has 0 spiro atoms. The summed E-state index contributed by atoms with van der Waals surface area (Å²) >= 11 is 0. The number of likely N-dealkylation sites (tertiary alicyclic amines) is 1. The summed E-state index contributed by atoms with van der Waals surface area (Å²) < 4.78 is 0. The Morgan fingerprint density at radius 2 is 1.63 bits per heavy atom. The summed E-state index contributed by atoms with van der Waals surface area (Å²) in [6.07, 6.45) is 6.97. The third-order valence-electron chi connectivity index (χ3n) is 5.49. The molecule has 1 heterocycles. The van der Waals surface area contributed by atoms with Crippen LogP contribution in [-0.4, -0.2) is 23.9 Å². The topological polar surface area (TPSA) is 20.3 Å². The molecule has 1 fully saturated rings. The molecule has 0 aliphatic carbocycles. The molecule has 142 valence electrons. The molecule has 0 aromatic heterocycles. The van der Waals surface area contributed by atoms with Crippen molar-refractivity contribution in [1.29, 1.82) is 0 Å². The quantitative estimate of drug-likeness (QED) is 0.661. The van der Waals surface area contributed by atoms with Crippen molar-refractivity contribution in [3.63, 3.8) is 0 Å². The van der Waals surface area contributed by atoms with E-state index in [1.165, 1.54) is 11.1 Å². The Kier molecular flexibility index (Phi) is 6.15. The molecule has 2 aromatic carbocycles. The zero-order valence-corrected chi connectivity index (χ0v) is 16.8. The van der Waals surface area contributed by atoms with Crippen LogP contribution in [0.1, 0.15) is 50.3 Å². The van der Waals surface area contributed by atoms with Gasteiger partial charge in [0.2, 0.25) is 5.91 Å². The van der Waals surface area contributed by atoms with Gasteiger partial charge in [0.15, 0.2) is 0 Å². The lowest BCUT2D eigenvalue weighted by Crippen LogP contribution is -2.37. The smallest absolute Gasteiger partial charge is 0.246 e. The van der Waals surface area contributed by atoms with E-state index >= 15 is 0 Å². The van der Waals surface area contributed by atoms with Gasteiger partial charge in [-0.1, -0.05) is 75.4 Å². The average molecular weight is 362 g/mol. The fraction of sp³-hybridized carbons (Fsp3) is 0.400. The molecule has 0 radical (unpaired) electrons. The van der Waals surface area contributed by atoms with E-state index in [-0.39, 0.29) is 11.3 Å². The summed E-state index contributed by atoms with van der Waals surface area (Å²) in [5.41, 5.74) is 3.95. The average Bonchev–Trinajstić information content (AvgIpc) is 2.67. The maximum atomic E-state index is 12.5. The van der Waals surface area contributed by atoms with Gasteiger partial charge in [0.1, 0.15) is 0 Å². The van der Waals surface area contributed by atoms with E-state index in [2.05, 4.69) is 75.4 Å². The van der Waals surface area contributed by atoms with E-state index in [0.717, 1.165) is 37.9 Å². The predicted molar refractivity (Wildman–Crippen MR) is 114 cm³/mol. The molecule has 0 saturated carbocycles. The van der Waals surface area contributed by atoms with Crippen molar-refractivity contribution in [3.8, 4) is 0 Å². The van der Waals surface area contributed by atoms with Gasteiger partial charge in [-0.25, -0.2) is 0 Å². The minimum atomic E-state index is 0.132. The second-order valence-electron chi connectivity index (χ2n) is 8.66. The molecule has 0 bridgehead atoms. The predicted octanol–water partition coefficient (Wildman–Crippen LogP) is 5.48. The SMILES string of the molecule is CC(C)(C)c1ccc(/C=C/C(=O)N2CCC(Cc3ccccc3)CC2)cc1. The summed E-state index contributed by atoms with van der Waals surface area (Å²) in [5, 5.41) is 0. The molecule has 0 unspecified atom stereocenters. The zero-order chi connectivity index (χ0) is 19.3. The van der Waals surface area contributed by atoms with Crippen LogP contribution in [0.5, 0.6) is 0 Å². The molecule has 1 aliphatic heterocycles. The lowest BCUT2D eigenvalue weighted by molar-refractivity contribution is -0.127. The first-order valence-electron chi connectivity index (χ1n) is 10.0. The highest BCUT2D eigenvalue weighted by molar-refractivity contribution is 5.91. The number of hydrogen-bond donors (Lipinski definition) is 0. The van der Waals surface area contributed by atoms with Gasteiger partial charge in [-0.05, 0) is 53.4 Å². The lowest BCUT2D eigenvalue weighted by atomic mass is 9.87. The van der Waals surface area contributed by atoms with Crippen LogP contribution in [0.2, 0.25) is 0 Å². The third-order valence-corrected chi connectivity index (χ3v) is 5.49. The van der Waals surface area contributed by atoms with E-state index in [9.17, 15) is 4.79 Å². The van der Waals surface area contributed by atoms with Crippen molar-refractivity contribution in [2.75, 3.05) is 13.1 Å². The van der Waals surface area contributed by atoms with Crippen LogP contribution in [0, 0.1) is 5.92 Å². The summed E-state index contributed by atoms with van der Waals surface area (Å²) in [7, 11) is 0. The summed E-state index contributed by atoms with van der Waals surface area (Å²) in [6.45, 7) is 8.36. The Morgan fingerprint density at radius 3 is 2.22 bits per heavy atom. The number of hydrogen-bond acceptors (Lipinski definition) is 1. The fourth-order valence-corrected chi connectivity index (χ4v) is 3.67. The van der Waals surface area contributed by atoms with Crippen LogP contribution in [0.4, 0.5) is 0 Å². The first kappa shape index (κ1) is 19.4. The van der Waals surface area contributed by atoms with Crippen molar-refractivity contribution in [2.24, 2.45) is 5.92 Å². The monoisotopic (exact) mass is 361 g/mol. The summed E-state index contributed by atoms with van der Waals surface area (Å²) in [4.78, 5) is 14.5. The van der Waals surface area contributed by atoms with Crippen LogP contribution >= 0.6 is 0 Å². The van der Waals surface area contributed by atoms with Crippen molar-refractivity contribution in [2.45, 2.75) is 45.4 Å². The minimum absolute atomic E-state index is 0.132. The van der Waals surface area contributed by atoms with Gasteiger partial charge in [-0.3, -0.25) is 4.79 Å². The molecule has 1 saturated heterocycles. The number of carbonyl (C=O) groups excluding carboxylic acids is 1. The Morgan fingerprint density at radius 1 is 1.00 bits per heavy atom. The molecule has 1 amide bonds. The van der Waals surface area contributed by atoms with E-state index < -0.39 is 0 Å². The molecule has 3 rings (SSSR count). The Bertz CT molecular complexity index is 760. The van der Waals surface area contributed by atoms with E-state index in [1.807, 2.05) is 11.0 Å². The van der Waals surface area contributed by atoms with E-state index in [1.54, 1.807) is 6.08 Å². The Labute approximate surface area is 163 Å². The molecule has 0 atom stereocenters. The van der Waals surface area contributed by atoms with Gasteiger partial charge in [0, 0.05) is 19.2 Å². The van der Waals surface area contributed by atoms with Crippen molar-refractivity contribution in [1.82, 2.24) is 4.90 Å². The van der Waals surface area contributed by atoms with Crippen molar-refractivity contribution >= 4 is 12.0 Å². The Hall–Kier alpha value is -2.35. The van der Waals surface area contributed by atoms with Crippen LogP contribution in [0.3, 0.4) is 0 Å². The molecular weight excluding hydrogens is 330 g/mol. The van der Waals surface area contributed by atoms with E-state index in [4.69, 9.17) is 0 Å². The number of rotatable bonds is 4. The second kappa shape index (κ2) is 8.56. The van der Waals surface area contributed by atoms with Gasteiger partial charge in [0.05, 0.1) is 0 Å². The second-order valence-corrected chi connectivity index (χ2v) is 8.66. The van der Waals surface area contributed by atoms with Gasteiger partial charge in [-0.15, -0.1) is 0 Å². The van der Waals surface area contributed by atoms with Crippen molar-refractivity contribution < 1.29 is 4.79 Å². The van der Waals surface area contributed by atoms with Gasteiger partial charge in [-0.2, -0.15) is 0 Å². The minimum Gasteiger partial charge on any atom is -0.339 e. The fourth-order valence-electron chi connectivity index (χ4n) is 3.67. The maximum absolute atomic E-state index is 12.5. The number of nitrogens with zero attached hydrogens (tertiary/aromatic N) is 1. The lowest BCUT2D eigenvalue weighted by Gasteiger charge is -2.31. The first-order valence-corrected chi connectivity index (χ1v) is 10.0. The Balaban J connectivity index is 1.50. The van der Waals surface area contributed by atoms with Crippen LogP contribution in [0.15, 0.2) is 60.7 Å². The standard InChI is InChI=1S/C25H31NO/c1-25(2,3)23-12-9-20(10-13-23)11-14-24(27)26-17-15-22(16-18-26)19-21-7-5-4-6-8-21/h4-14,22H,15-19H2,1-3H3/b14-11+. The highest BCUT2D eigenvalue weighted by atomic mass is 16.2. The number of amides is 1. The number of carbonyl (C=O) groups is 1. The molecule has 1 aliphatic rings. The number of benzene rings is 2. The molecule has 0 N–H and O–H groups in total. The van der Waals surface area contributed by atoms with Crippen LogP contribution < -0.4 is 0 Å². The maximum Gasteiger partial charge on any atom is 0.246 e. The van der Waals surface area contributed by atoms with Gasteiger partial charge < -0.3 is 4.90 Å². The van der Waals surface area contributed by atoms with Gasteiger partial charge >= 0.3 is 0 Å². The third kappa shape index (κ3) is 5.56. The normalized spacial score (nSPS) is 16.0. The van der Waals surface area contributed by atoms with Crippen LogP contribution in [0.25, 0.3) is 6.08 Å². The summed E-state index contributed by atoms with van der Waals surface area (Å²) in [5.74, 6) is 0.818. The molecular formula is C25H31NO. The summed E-state index contributed by atoms with van der Waals surface area (Å²) in [6, 6.07) is 19.2. The molecule has 2 aromatic rings. The number of piperidine rings is 1. The van der Waals surface area contributed by atoms with E-state index in [0.29, 0.717) is 5.92 Å². The highest BCUT2D eigenvalue weighted by Crippen LogP contribution is 2.23. The van der Waals surface area contributed by atoms with Gasteiger partial charge in [0.25, 0.3) is 0 Å². The first-order chi connectivity index (χ1) is 12.9. The zero-order valence-electron chi connectivity index (χ0n) is 16.8. The molecule has 2 heteroatoms. The highest BCUT2D eigenvalue weighted by Gasteiger charge is 2.21.